The van der Waals surface area contributed by atoms with E-state index in [2.05, 4.69) is 29.1 Å². The first-order valence-electron chi connectivity index (χ1n) is 6.09. The van der Waals surface area contributed by atoms with E-state index in [0.717, 1.165) is 23.7 Å². The Labute approximate surface area is 98.7 Å². The zero-order chi connectivity index (χ0) is 12.0. The van der Waals surface area contributed by atoms with Crippen molar-refractivity contribution in [2.75, 3.05) is 7.05 Å². The molecule has 16 heavy (non-hydrogen) atoms. The fourth-order valence-electron chi connectivity index (χ4n) is 1.72. The maximum Gasteiger partial charge on any atom is 0.145 e. The third-order valence-corrected chi connectivity index (χ3v) is 2.74. The number of hydrogen-bond donors (Lipinski definition) is 1. The summed E-state index contributed by atoms with van der Waals surface area (Å²) in [4.78, 5) is 8.75. The lowest BCUT2D eigenvalue weighted by molar-refractivity contribution is 0.456. The molecule has 0 saturated heterocycles. The molecule has 1 rings (SSSR count). The fourth-order valence-corrected chi connectivity index (χ4v) is 1.72. The van der Waals surface area contributed by atoms with Gasteiger partial charge in [0, 0.05) is 12.4 Å². The van der Waals surface area contributed by atoms with Gasteiger partial charge >= 0.3 is 0 Å². The van der Waals surface area contributed by atoms with E-state index in [9.17, 15) is 0 Å². The van der Waals surface area contributed by atoms with E-state index in [1.54, 1.807) is 0 Å². The van der Waals surface area contributed by atoms with E-state index in [1.807, 2.05) is 26.4 Å². The Morgan fingerprint density at radius 1 is 1.19 bits per heavy atom. The van der Waals surface area contributed by atoms with Crippen LogP contribution in [0.25, 0.3) is 0 Å². The van der Waals surface area contributed by atoms with Crippen molar-refractivity contribution in [3.63, 3.8) is 0 Å². The summed E-state index contributed by atoms with van der Waals surface area (Å²) < 4.78 is 0. The van der Waals surface area contributed by atoms with Crippen LogP contribution in [0.1, 0.15) is 50.5 Å². The lowest BCUT2D eigenvalue weighted by atomic mass is 10.0. The van der Waals surface area contributed by atoms with E-state index in [-0.39, 0.29) is 0 Å². The number of aryl methyl sites for hydroxylation is 1. The lowest BCUT2D eigenvalue weighted by Crippen LogP contribution is -2.19. The van der Waals surface area contributed by atoms with Crippen LogP contribution in [0, 0.1) is 12.8 Å². The van der Waals surface area contributed by atoms with Gasteiger partial charge in [-0.05, 0) is 31.9 Å². The van der Waals surface area contributed by atoms with Crippen LogP contribution < -0.4 is 5.32 Å². The molecule has 0 aliphatic heterocycles. The first-order chi connectivity index (χ1) is 7.63. The highest BCUT2D eigenvalue weighted by Crippen LogP contribution is 2.17. The van der Waals surface area contributed by atoms with Crippen LogP contribution in [0.5, 0.6) is 0 Å². The van der Waals surface area contributed by atoms with Crippen molar-refractivity contribution in [2.45, 2.75) is 46.1 Å². The molecule has 0 saturated carbocycles. The van der Waals surface area contributed by atoms with E-state index >= 15 is 0 Å². The molecule has 0 aliphatic rings. The van der Waals surface area contributed by atoms with E-state index in [0.29, 0.717) is 6.04 Å². The number of nitrogens with one attached hydrogen (secondary N) is 1. The van der Waals surface area contributed by atoms with E-state index in [4.69, 9.17) is 0 Å². The molecular weight excluding hydrogens is 198 g/mol. The second-order valence-corrected chi connectivity index (χ2v) is 4.78. The minimum absolute atomic E-state index is 0.291. The predicted octanol–water partition coefficient (Wildman–Crippen LogP) is 2.87. The van der Waals surface area contributed by atoms with Crippen LogP contribution in [0.3, 0.4) is 0 Å². The standard InChI is InChI=1S/C13H23N3/c1-10(2)6-5-7-12(14-4)13-15-8-11(3)9-16-13/h8-10,12,14H,5-7H2,1-4H3. The van der Waals surface area contributed by atoms with Crippen molar-refractivity contribution in [1.82, 2.24) is 15.3 Å². The topological polar surface area (TPSA) is 37.8 Å². The monoisotopic (exact) mass is 221 g/mol. The third-order valence-electron chi connectivity index (χ3n) is 2.74. The normalized spacial score (nSPS) is 13.1. The molecule has 3 nitrogen and oxygen atoms in total. The molecule has 1 aromatic heterocycles. The highest BCUT2D eigenvalue weighted by molar-refractivity contribution is 5.04. The molecule has 0 aromatic carbocycles. The average molecular weight is 221 g/mol. The van der Waals surface area contributed by atoms with Gasteiger partial charge in [0.05, 0.1) is 6.04 Å². The minimum atomic E-state index is 0.291. The van der Waals surface area contributed by atoms with Crippen molar-refractivity contribution >= 4 is 0 Å². The molecule has 1 N–H and O–H groups in total. The Hall–Kier alpha value is -0.960. The first-order valence-corrected chi connectivity index (χ1v) is 6.09. The molecule has 0 radical (unpaired) electrons. The molecule has 0 aliphatic carbocycles. The number of rotatable bonds is 6. The number of aromatic nitrogens is 2. The predicted molar refractivity (Wildman–Crippen MR) is 67.3 cm³/mol. The number of hydrogen-bond acceptors (Lipinski definition) is 3. The molecule has 1 atom stereocenters. The molecule has 3 heteroatoms. The Kier molecular flexibility index (Phi) is 5.39. The smallest absolute Gasteiger partial charge is 0.145 e. The molecule has 0 amide bonds. The van der Waals surface area contributed by atoms with Gasteiger partial charge in [0.1, 0.15) is 5.82 Å². The van der Waals surface area contributed by atoms with Gasteiger partial charge < -0.3 is 5.32 Å². The van der Waals surface area contributed by atoms with Crippen molar-refractivity contribution < 1.29 is 0 Å². The SMILES string of the molecule is CNC(CCCC(C)C)c1ncc(C)cn1. The molecule has 0 spiro atoms. The van der Waals surface area contributed by atoms with Crippen molar-refractivity contribution in [3.05, 3.63) is 23.8 Å². The van der Waals surface area contributed by atoms with Crippen LogP contribution in [0.2, 0.25) is 0 Å². The Morgan fingerprint density at radius 3 is 2.31 bits per heavy atom. The van der Waals surface area contributed by atoms with Gasteiger partial charge in [0.15, 0.2) is 0 Å². The van der Waals surface area contributed by atoms with Gasteiger partial charge in [-0.15, -0.1) is 0 Å². The van der Waals surface area contributed by atoms with Crippen LogP contribution in [-0.4, -0.2) is 17.0 Å². The second-order valence-electron chi connectivity index (χ2n) is 4.78. The summed E-state index contributed by atoms with van der Waals surface area (Å²) in [5.74, 6) is 1.69. The minimum Gasteiger partial charge on any atom is -0.310 e. The molecular formula is C13H23N3. The molecule has 0 fully saturated rings. The van der Waals surface area contributed by atoms with Crippen LogP contribution in [0.4, 0.5) is 0 Å². The third kappa shape index (κ3) is 4.27. The summed E-state index contributed by atoms with van der Waals surface area (Å²) in [7, 11) is 1.98. The van der Waals surface area contributed by atoms with Crippen molar-refractivity contribution in [1.29, 1.82) is 0 Å². The summed E-state index contributed by atoms with van der Waals surface area (Å²) in [5, 5.41) is 3.29. The molecule has 1 unspecified atom stereocenters. The Morgan fingerprint density at radius 2 is 1.81 bits per heavy atom. The molecule has 1 heterocycles. The van der Waals surface area contributed by atoms with Crippen molar-refractivity contribution in [2.24, 2.45) is 5.92 Å². The summed E-state index contributed by atoms with van der Waals surface area (Å²) in [6, 6.07) is 0.291. The summed E-state index contributed by atoms with van der Waals surface area (Å²) in [6.07, 6.45) is 7.37. The highest BCUT2D eigenvalue weighted by Gasteiger charge is 2.11. The van der Waals surface area contributed by atoms with Crippen LogP contribution in [-0.2, 0) is 0 Å². The van der Waals surface area contributed by atoms with Crippen molar-refractivity contribution in [3.8, 4) is 0 Å². The first kappa shape index (κ1) is 13.1. The molecule has 90 valence electrons. The van der Waals surface area contributed by atoms with Gasteiger partial charge in [-0.2, -0.15) is 0 Å². The van der Waals surface area contributed by atoms with E-state index in [1.165, 1.54) is 12.8 Å². The van der Waals surface area contributed by atoms with Gasteiger partial charge in [-0.25, -0.2) is 9.97 Å². The molecule has 1 aromatic rings. The Balaban J connectivity index is 2.50. The van der Waals surface area contributed by atoms with Gasteiger partial charge in [0.2, 0.25) is 0 Å². The van der Waals surface area contributed by atoms with Gasteiger partial charge in [-0.3, -0.25) is 0 Å². The summed E-state index contributed by atoms with van der Waals surface area (Å²) in [6.45, 7) is 6.53. The van der Waals surface area contributed by atoms with Gasteiger partial charge in [-0.1, -0.05) is 26.7 Å². The second kappa shape index (κ2) is 6.59. The zero-order valence-electron chi connectivity index (χ0n) is 10.8. The lowest BCUT2D eigenvalue weighted by Gasteiger charge is -2.15. The highest BCUT2D eigenvalue weighted by atomic mass is 15.0. The summed E-state index contributed by atoms with van der Waals surface area (Å²) in [5.41, 5.74) is 1.11. The summed E-state index contributed by atoms with van der Waals surface area (Å²) >= 11 is 0. The quantitative estimate of drug-likeness (QED) is 0.802. The Bertz CT molecular complexity index is 293. The van der Waals surface area contributed by atoms with E-state index < -0.39 is 0 Å². The zero-order valence-corrected chi connectivity index (χ0v) is 10.8. The number of nitrogens with zero attached hydrogens (tertiary/aromatic N) is 2. The van der Waals surface area contributed by atoms with Crippen LogP contribution >= 0.6 is 0 Å². The van der Waals surface area contributed by atoms with Crippen LogP contribution in [0.15, 0.2) is 12.4 Å². The molecule has 0 bridgehead atoms. The van der Waals surface area contributed by atoms with Gasteiger partial charge in [0.25, 0.3) is 0 Å². The maximum atomic E-state index is 4.37. The fraction of sp³-hybridized carbons (Fsp3) is 0.692. The largest absolute Gasteiger partial charge is 0.310 e. The average Bonchev–Trinajstić information content (AvgIpc) is 2.26. The maximum absolute atomic E-state index is 4.37.